The van der Waals surface area contributed by atoms with E-state index in [1.807, 2.05) is 0 Å². The molecule has 2 aliphatic rings. The minimum Gasteiger partial charge on any atom is -0.497 e. The van der Waals surface area contributed by atoms with Crippen molar-refractivity contribution in [3.8, 4) is 23.0 Å². The SMILES string of the molecule is COc1cc(OC)cc(C(=O)Nc2nc3c(s2)CCC3C(=O)Nc2ccc3c(c2)OCO3)c1. The van der Waals surface area contributed by atoms with Crippen molar-refractivity contribution in [1.82, 2.24) is 4.98 Å². The number of rotatable bonds is 6. The molecule has 1 aliphatic heterocycles. The van der Waals surface area contributed by atoms with Gasteiger partial charge in [-0.3, -0.25) is 14.9 Å². The van der Waals surface area contributed by atoms with Crippen molar-refractivity contribution >= 4 is 34.0 Å². The molecule has 0 saturated heterocycles. The summed E-state index contributed by atoms with van der Waals surface area (Å²) in [6.07, 6.45) is 1.40. The van der Waals surface area contributed by atoms with Gasteiger partial charge < -0.3 is 24.3 Å². The molecule has 0 radical (unpaired) electrons. The predicted molar refractivity (Wildman–Crippen MR) is 122 cm³/mol. The Hall–Kier alpha value is -3.79. The zero-order valence-electron chi connectivity index (χ0n) is 18.0. The Balaban J connectivity index is 1.29. The molecule has 9 nitrogen and oxygen atoms in total. The Kier molecular flexibility index (Phi) is 5.51. The predicted octanol–water partition coefficient (Wildman–Crippen LogP) is 3.81. The fraction of sp³-hybridized carbons (Fsp3) is 0.261. The summed E-state index contributed by atoms with van der Waals surface area (Å²) in [7, 11) is 3.05. The molecule has 10 heteroatoms. The van der Waals surface area contributed by atoms with Gasteiger partial charge >= 0.3 is 0 Å². The molecule has 170 valence electrons. The summed E-state index contributed by atoms with van der Waals surface area (Å²) in [6, 6.07) is 10.2. The molecule has 33 heavy (non-hydrogen) atoms. The van der Waals surface area contributed by atoms with Crippen LogP contribution >= 0.6 is 11.3 Å². The number of carbonyl (C=O) groups is 2. The fourth-order valence-corrected chi connectivity index (χ4v) is 4.88. The maximum Gasteiger partial charge on any atom is 0.257 e. The Bertz CT molecular complexity index is 1220. The number of thiazole rings is 1. The lowest BCUT2D eigenvalue weighted by Gasteiger charge is -2.11. The number of methoxy groups -OCH3 is 2. The van der Waals surface area contributed by atoms with Crippen LogP contribution in [0, 0.1) is 0 Å². The lowest BCUT2D eigenvalue weighted by atomic mass is 10.1. The highest BCUT2D eigenvalue weighted by molar-refractivity contribution is 7.16. The molecule has 0 fully saturated rings. The van der Waals surface area contributed by atoms with E-state index in [1.165, 1.54) is 25.6 Å². The van der Waals surface area contributed by atoms with E-state index in [0.717, 1.165) is 11.3 Å². The summed E-state index contributed by atoms with van der Waals surface area (Å²) in [4.78, 5) is 31.3. The lowest BCUT2D eigenvalue weighted by molar-refractivity contribution is -0.117. The summed E-state index contributed by atoms with van der Waals surface area (Å²) in [5.74, 6) is 1.43. The summed E-state index contributed by atoms with van der Waals surface area (Å²) >= 11 is 1.39. The first-order valence-electron chi connectivity index (χ1n) is 10.3. The summed E-state index contributed by atoms with van der Waals surface area (Å²) in [6.45, 7) is 0.175. The van der Waals surface area contributed by atoms with Crippen LogP contribution in [0.5, 0.6) is 23.0 Å². The maximum absolute atomic E-state index is 12.9. The molecule has 1 atom stereocenters. The van der Waals surface area contributed by atoms with E-state index in [9.17, 15) is 9.59 Å². The third-order valence-electron chi connectivity index (χ3n) is 5.51. The van der Waals surface area contributed by atoms with Crippen LogP contribution < -0.4 is 29.6 Å². The summed E-state index contributed by atoms with van der Waals surface area (Å²) in [5.41, 5.74) is 1.73. The van der Waals surface area contributed by atoms with Gasteiger partial charge in [0.15, 0.2) is 16.6 Å². The van der Waals surface area contributed by atoms with Crippen LogP contribution in [0.15, 0.2) is 36.4 Å². The molecule has 2 aromatic carbocycles. The number of fused-ring (bicyclic) bond motifs is 2. The average Bonchev–Trinajstić information content (AvgIpc) is 3.54. The first-order chi connectivity index (χ1) is 16.0. The van der Waals surface area contributed by atoms with E-state index in [-0.39, 0.29) is 24.5 Å². The number of nitrogens with zero attached hydrogens (tertiary/aromatic N) is 1. The normalized spacial score (nSPS) is 15.6. The van der Waals surface area contributed by atoms with Gasteiger partial charge in [0, 0.05) is 28.3 Å². The summed E-state index contributed by atoms with van der Waals surface area (Å²) < 4.78 is 21.1. The van der Waals surface area contributed by atoms with Gasteiger partial charge in [-0.2, -0.15) is 0 Å². The highest BCUT2D eigenvalue weighted by atomic mass is 32.1. The first-order valence-corrected chi connectivity index (χ1v) is 11.1. The van der Waals surface area contributed by atoms with Gasteiger partial charge in [0.05, 0.1) is 25.8 Å². The number of carbonyl (C=O) groups excluding carboxylic acids is 2. The molecule has 1 unspecified atom stereocenters. The van der Waals surface area contributed by atoms with Gasteiger partial charge in [-0.05, 0) is 37.1 Å². The Morgan fingerprint density at radius 1 is 1.03 bits per heavy atom. The molecule has 0 spiro atoms. The van der Waals surface area contributed by atoms with Crippen molar-refractivity contribution in [1.29, 1.82) is 0 Å². The number of aryl methyl sites for hydroxylation is 1. The lowest BCUT2D eigenvalue weighted by Crippen LogP contribution is -2.20. The number of aromatic nitrogens is 1. The standard InChI is InChI=1S/C23H21N3O6S/c1-29-14-7-12(8-15(10-14)30-2)21(27)26-23-25-20-16(4-6-19(20)33-23)22(28)24-13-3-5-17-18(9-13)32-11-31-17/h3,5,7-10,16H,4,6,11H2,1-2H3,(H,24,28)(H,25,26,27). The third-order valence-corrected chi connectivity index (χ3v) is 6.55. The Morgan fingerprint density at radius 3 is 2.55 bits per heavy atom. The van der Waals surface area contributed by atoms with Crippen molar-refractivity contribution in [2.45, 2.75) is 18.8 Å². The van der Waals surface area contributed by atoms with Crippen molar-refractivity contribution in [3.05, 3.63) is 52.5 Å². The van der Waals surface area contributed by atoms with E-state index < -0.39 is 0 Å². The quantitative estimate of drug-likeness (QED) is 0.568. The van der Waals surface area contributed by atoms with E-state index in [4.69, 9.17) is 18.9 Å². The van der Waals surface area contributed by atoms with E-state index in [2.05, 4.69) is 15.6 Å². The highest BCUT2D eigenvalue weighted by Gasteiger charge is 2.33. The smallest absolute Gasteiger partial charge is 0.257 e. The van der Waals surface area contributed by atoms with Crippen LogP contribution in [-0.2, 0) is 11.2 Å². The van der Waals surface area contributed by atoms with Gasteiger partial charge in [0.25, 0.3) is 5.91 Å². The van der Waals surface area contributed by atoms with Gasteiger partial charge in [-0.1, -0.05) is 0 Å². The zero-order chi connectivity index (χ0) is 22.9. The van der Waals surface area contributed by atoms with Gasteiger partial charge in [0.2, 0.25) is 12.7 Å². The third kappa shape index (κ3) is 4.17. The van der Waals surface area contributed by atoms with Gasteiger partial charge in [0.1, 0.15) is 11.5 Å². The zero-order valence-corrected chi connectivity index (χ0v) is 18.8. The second kappa shape index (κ2) is 8.62. The molecule has 2 amide bonds. The second-order valence-corrected chi connectivity index (χ2v) is 8.62. The van der Waals surface area contributed by atoms with Crippen molar-refractivity contribution in [3.63, 3.8) is 0 Å². The van der Waals surface area contributed by atoms with Crippen molar-refractivity contribution < 1.29 is 28.5 Å². The van der Waals surface area contributed by atoms with E-state index >= 15 is 0 Å². The van der Waals surface area contributed by atoms with Gasteiger partial charge in [-0.15, -0.1) is 11.3 Å². The first kappa shape index (κ1) is 21.1. The number of amides is 2. The molecular weight excluding hydrogens is 446 g/mol. The van der Waals surface area contributed by atoms with Crippen LogP contribution in [0.1, 0.15) is 33.3 Å². The maximum atomic E-state index is 12.9. The fourth-order valence-electron chi connectivity index (χ4n) is 3.85. The summed E-state index contributed by atoms with van der Waals surface area (Å²) in [5, 5.41) is 6.20. The molecule has 3 aromatic rings. The molecule has 5 rings (SSSR count). The van der Waals surface area contributed by atoms with Crippen LogP contribution in [-0.4, -0.2) is 37.8 Å². The van der Waals surface area contributed by atoms with Crippen LogP contribution in [0.3, 0.4) is 0 Å². The monoisotopic (exact) mass is 467 g/mol. The highest BCUT2D eigenvalue weighted by Crippen LogP contribution is 2.40. The van der Waals surface area contributed by atoms with Crippen molar-refractivity contribution in [2.75, 3.05) is 31.6 Å². The molecular formula is C23H21N3O6S. The number of hydrogen-bond donors (Lipinski definition) is 2. The molecule has 1 aromatic heterocycles. The topological polar surface area (TPSA) is 108 Å². The minimum absolute atomic E-state index is 0.145. The second-order valence-electron chi connectivity index (χ2n) is 7.53. The van der Waals surface area contributed by atoms with Crippen LogP contribution in [0.4, 0.5) is 10.8 Å². The number of benzene rings is 2. The number of anilines is 2. The molecule has 0 saturated carbocycles. The van der Waals surface area contributed by atoms with Gasteiger partial charge in [-0.25, -0.2) is 4.98 Å². The Labute approximate surface area is 193 Å². The molecule has 2 heterocycles. The van der Waals surface area contributed by atoms with Crippen LogP contribution in [0.25, 0.3) is 0 Å². The molecule has 1 aliphatic carbocycles. The van der Waals surface area contributed by atoms with Crippen LogP contribution in [0.2, 0.25) is 0 Å². The molecule has 0 bridgehead atoms. The van der Waals surface area contributed by atoms with Crippen molar-refractivity contribution in [2.24, 2.45) is 0 Å². The number of ether oxygens (including phenoxy) is 4. The van der Waals surface area contributed by atoms with E-state index in [1.54, 1.807) is 36.4 Å². The average molecular weight is 468 g/mol. The Morgan fingerprint density at radius 2 is 1.79 bits per heavy atom. The number of nitrogens with one attached hydrogen (secondary N) is 2. The minimum atomic E-state index is -0.385. The largest absolute Gasteiger partial charge is 0.497 e. The number of hydrogen-bond acceptors (Lipinski definition) is 8. The molecule has 2 N–H and O–H groups in total. The van der Waals surface area contributed by atoms with E-state index in [0.29, 0.717) is 51.5 Å².